The van der Waals surface area contributed by atoms with Crippen molar-refractivity contribution in [1.82, 2.24) is 14.5 Å². The number of alkyl halides is 1. The van der Waals surface area contributed by atoms with Gasteiger partial charge in [-0.1, -0.05) is 19.8 Å². The molecule has 0 aliphatic heterocycles. The molecular weight excluding hydrogens is 270 g/mol. The van der Waals surface area contributed by atoms with Crippen LogP contribution in [0, 0.1) is 12.8 Å². The van der Waals surface area contributed by atoms with E-state index in [1.165, 1.54) is 31.2 Å². The molecule has 1 aliphatic rings. The van der Waals surface area contributed by atoms with Crippen molar-refractivity contribution in [3.05, 3.63) is 23.7 Å². The lowest BCUT2D eigenvalue weighted by atomic mass is 9.87. The van der Waals surface area contributed by atoms with E-state index in [0.29, 0.717) is 6.04 Å². The molecule has 0 amide bonds. The molecule has 3 atom stereocenters. The van der Waals surface area contributed by atoms with Crippen LogP contribution in [0.5, 0.6) is 0 Å². The number of nitrogens with zero attached hydrogens (tertiary/aromatic N) is 3. The van der Waals surface area contributed by atoms with Gasteiger partial charge in [-0.25, -0.2) is 9.97 Å². The van der Waals surface area contributed by atoms with Gasteiger partial charge in [-0.3, -0.25) is 0 Å². The number of imidazole rings is 1. The third kappa shape index (κ3) is 2.32. The number of aryl methyl sites for hydroxylation is 1. The summed E-state index contributed by atoms with van der Waals surface area (Å²) in [6, 6.07) is 2.51. The summed E-state index contributed by atoms with van der Waals surface area (Å²) in [5.74, 6) is 1.75. The van der Waals surface area contributed by atoms with E-state index in [-0.39, 0.29) is 5.38 Å². The summed E-state index contributed by atoms with van der Waals surface area (Å²) in [4.78, 5) is 9.37. The van der Waals surface area contributed by atoms with Gasteiger partial charge in [0, 0.05) is 12.2 Å². The molecule has 0 N–H and O–H groups in total. The highest BCUT2D eigenvalue weighted by Gasteiger charge is 2.26. The van der Waals surface area contributed by atoms with Crippen molar-refractivity contribution in [2.75, 3.05) is 0 Å². The average Bonchev–Trinajstić information content (AvgIpc) is 2.80. The molecule has 20 heavy (non-hydrogen) atoms. The number of rotatable bonds is 2. The zero-order valence-corrected chi connectivity index (χ0v) is 13.2. The van der Waals surface area contributed by atoms with E-state index in [0.717, 1.165) is 22.9 Å². The highest BCUT2D eigenvalue weighted by Crippen LogP contribution is 2.37. The van der Waals surface area contributed by atoms with Gasteiger partial charge in [-0.05, 0) is 44.2 Å². The Morgan fingerprint density at radius 3 is 2.90 bits per heavy atom. The quantitative estimate of drug-likeness (QED) is 0.745. The molecule has 108 valence electrons. The van der Waals surface area contributed by atoms with Crippen LogP contribution in [0.25, 0.3) is 11.2 Å². The number of pyridine rings is 1. The second kappa shape index (κ2) is 5.36. The van der Waals surface area contributed by atoms with Gasteiger partial charge in [0.1, 0.15) is 11.3 Å². The molecule has 2 aromatic heterocycles. The number of hydrogen-bond donors (Lipinski definition) is 0. The van der Waals surface area contributed by atoms with Crippen molar-refractivity contribution in [3.8, 4) is 0 Å². The summed E-state index contributed by atoms with van der Waals surface area (Å²) >= 11 is 6.38. The van der Waals surface area contributed by atoms with Crippen LogP contribution in [0.3, 0.4) is 0 Å². The molecule has 0 radical (unpaired) electrons. The van der Waals surface area contributed by atoms with Crippen molar-refractivity contribution in [2.45, 2.75) is 57.9 Å². The largest absolute Gasteiger partial charge is 0.308 e. The van der Waals surface area contributed by atoms with Gasteiger partial charge in [0.05, 0.1) is 5.38 Å². The summed E-state index contributed by atoms with van der Waals surface area (Å²) < 4.78 is 2.32. The van der Waals surface area contributed by atoms with E-state index in [9.17, 15) is 0 Å². The van der Waals surface area contributed by atoms with E-state index >= 15 is 0 Å². The fraction of sp³-hybridized carbons (Fsp3) is 0.625. The molecular formula is C16H22ClN3. The van der Waals surface area contributed by atoms with E-state index in [1.54, 1.807) is 0 Å². The van der Waals surface area contributed by atoms with Gasteiger partial charge in [-0.2, -0.15) is 0 Å². The Hall–Kier alpha value is -1.09. The highest BCUT2D eigenvalue weighted by molar-refractivity contribution is 6.20. The van der Waals surface area contributed by atoms with Crippen LogP contribution in [0.1, 0.15) is 62.3 Å². The van der Waals surface area contributed by atoms with Crippen molar-refractivity contribution >= 4 is 22.8 Å². The summed E-state index contributed by atoms with van der Waals surface area (Å²) in [6.07, 6.45) is 6.92. The smallest absolute Gasteiger partial charge is 0.160 e. The molecule has 0 spiro atoms. The minimum absolute atomic E-state index is 0.0826. The third-order valence-corrected chi connectivity index (χ3v) is 4.63. The van der Waals surface area contributed by atoms with E-state index in [2.05, 4.69) is 23.4 Å². The molecule has 3 rings (SSSR count). The second-order valence-electron chi connectivity index (χ2n) is 6.18. The maximum Gasteiger partial charge on any atom is 0.160 e. The summed E-state index contributed by atoms with van der Waals surface area (Å²) in [5, 5.41) is -0.0826. The fourth-order valence-corrected chi connectivity index (χ4v) is 3.56. The van der Waals surface area contributed by atoms with Crippen molar-refractivity contribution < 1.29 is 0 Å². The molecule has 2 aromatic rings. The van der Waals surface area contributed by atoms with Gasteiger partial charge in [0.2, 0.25) is 0 Å². The van der Waals surface area contributed by atoms with Crippen LogP contribution >= 0.6 is 11.6 Å². The maximum atomic E-state index is 6.38. The molecule has 0 aromatic carbocycles. The molecule has 3 nitrogen and oxygen atoms in total. The molecule has 0 saturated heterocycles. The van der Waals surface area contributed by atoms with Crippen molar-refractivity contribution in [2.24, 2.45) is 5.92 Å². The standard InChI is InChI=1S/C16H22ClN3/c1-10-5-4-6-13(9-10)20-15(12(3)17)19-14-11(2)7-8-18-16(14)20/h7-8,10,12-13H,4-6,9H2,1-3H3. The lowest BCUT2D eigenvalue weighted by Gasteiger charge is -2.29. The van der Waals surface area contributed by atoms with Crippen molar-refractivity contribution in [3.63, 3.8) is 0 Å². The number of halogens is 1. The Morgan fingerprint density at radius 1 is 1.40 bits per heavy atom. The molecule has 4 heteroatoms. The van der Waals surface area contributed by atoms with Gasteiger partial charge >= 0.3 is 0 Å². The SMILES string of the molecule is Cc1ccnc2c1nc(C(C)Cl)n2C1CCCC(C)C1. The third-order valence-electron chi connectivity index (χ3n) is 4.44. The molecule has 1 fully saturated rings. The minimum atomic E-state index is -0.0826. The molecule has 1 saturated carbocycles. The van der Waals surface area contributed by atoms with Gasteiger partial charge in [0.25, 0.3) is 0 Å². The minimum Gasteiger partial charge on any atom is -0.308 e. The van der Waals surface area contributed by atoms with E-state index in [1.807, 2.05) is 19.2 Å². The zero-order valence-electron chi connectivity index (χ0n) is 12.4. The number of fused-ring (bicyclic) bond motifs is 1. The van der Waals surface area contributed by atoms with Gasteiger partial charge in [0.15, 0.2) is 5.65 Å². The zero-order chi connectivity index (χ0) is 14.3. The number of hydrogen-bond acceptors (Lipinski definition) is 2. The van der Waals surface area contributed by atoms with E-state index < -0.39 is 0 Å². The first-order chi connectivity index (χ1) is 9.58. The molecule has 3 unspecified atom stereocenters. The summed E-state index contributed by atoms with van der Waals surface area (Å²) in [7, 11) is 0. The van der Waals surface area contributed by atoms with Crippen LogP contribution in [0.2, 0.25) is 0 Å². The first-order valence-corrected chi connectivity index (χ1v) is 7.99. The normalized spacial score (nSPS) is 25.0. The molecule has 2 heterocycles. The van der Waals surface area contributed by atoms with Crippen LogP contribution in [0.4, 0.5) is 0 Å². The fourth-order valence-electron chi connectivity index (χ4n) is 3.40. The first-order valence-electron chi connectivity index (χ1n) is 7.55. The average molecular weight is 292 g/mol. The molecule has 1 aliphatic carbocycles. The Morgan fingerprint density at radius 2 is 2.20 bits per heavy atom. The first kappa shape index (κ1) is 13.9. The highest BCUT2D eigenvalue weighted by atomic mass is 35.5. The lowest BCUT2D eigenvalue weighted by Crippen LogP contribution is -2.20. The van der Waals surface area contributed by atoms with Gasteiger partial charge < -0.3 is 4.57 Å². The Bertz CT molecular complexity index is 617. The predicted molar refractivity (Wildman–Crippen MR) is 83.2 cm³/mol. The molecule has 0 bridgehead atoms. The van der Waals surface area contributed by atoms with Crippen molar-refractivity contribution in [1.29, 1.82) is 0 Å². The summed E-state index contributed by atoms with van der Waals surface area (Å²) in [6.45, 7) is 6.43. The Balaban J connectivity index is 2.16. The topological polar surface area (TPSA) is 30.7 Å². The van der Waals surface area contributed by atoms with E-state index in [4.69, 9.17) is 16.6 Å². The van der Waals surface area contributed by atoms with Crippen LogP contribution in [0.15, 0.2) is 12.3 Å². The monoisotopic (exact) mass is 291 g/mol. The van der Waals surface area contributed by atoms with Crippen LogP contribution in [-0.4, -0.2) is 14.5 Å². The summed E-state index contributed by atoms with van der Waals surface area (Å²) in [5.41, 5.74) is 3.19. The second-order valence-corrected chi connectivity index (χ2v) is 6.84. The van der Waals surface area contributed by atoms with Gasteiger partial charge in [-0.15, -0.1) is 11.6 Å². The number of aromatic nitrogens is 3. The predicted octanol–water partition coefficient (Wildman–Crippen LogP) is 4.79. The lowest BCUT2D eigenvalue weighted by molar-refractivity contribution is 0.281. The van der Waals surface area contributed by atoms with Crippen LogP contribution < -0.4 is 0 Å². The maximum absolute atomic E-state index is 6.38. The Kier molecular flexibility index (Phi) is 3.72. The Labute approximate surface area is 125 Å². The van der Waals surface area contributed by atoms with Crippen LogP contribution in [-0.2, 0) is 0 Å².